The van der Waals surface area contributed by atoms with Gasteiger partial charge < -0.3 is 5.11 Å². The lowest BCUT2D eigenvalue weighted by Crippen LogP contribution is -1.86. The maximum Gasteiger partial charge on any atom is 0.130 e. The van der Waals surface area contributed by atoms with Gasteiger partial charge in [0.1, 0.15) is 5.76 Å². The lowest BCUT2D eigenvalue weighted by atomic mass is 10.1. The molecule has 1 nitrogen and oxygen atoms in total. The highest BCUT2D eigenvalue weighted by atomic mass is 16.3. The monoisotopic (exact) mass is 184 g/mol. The molecule has 70 valence electrons. The number of aryl methyl sites for hydroxylation is 1. The smallest absolute Gasteiger partial charge is 0.130 e. The molecule has 1 aromatic rings. The van der Waals surface area contributed by atoms with Crippen LogP contribution in [-0.4, -0.2) is 5.11 Å². The standard InChI is InChI=1S/C13H12O/c1-10-5-4-8-12(9-10)13(14)11-6-2-3-7-11/h2-9,14H,1H3. The van der Waals surface area contributed by atoms with E-state index in [1.165, 1.54) is 0 Å². The summed E-state index contributed by atoms with van der Waals surface area (Å²) in [4.78, 5) is 0. The fraction of sp³-hybridized carbons (Fsp3) is 0.0769. The van der Waals surface area contributed by atoms with E-state index in [1.54, 1.807) is 0 Å². The van der Waals surface area contributed by atoms with Crippen molar-refractivity contribution >= 4 is 5.76 Å². The largest absolute Gasteiger partial charge is 0.507 e. The molecule has 1 heteroatoms. The van der Waals surface area contributed by atoms with E-state index in [0.29, 0.717) is 5.76 Å². The van der Waals surface area contributed by atoms with Gasteiger partial charge in [0.2, 0.25) is 0 Å². The molecule has 0 unspecified atom stereocenters. The average Bonchev–Trinajstić information content (AvgIpc) is 2.69. The van der Waals surface area contributed by atoms with Crippen molar-refractivity contribution in [2.24, 2.45) is 0 Å². The minimum Gasteiger partial charge on any atom is -0.507 e. The summed E-state index contributed by atoms with van der Waals surface area (Å²) >= 11 is 0. The predicted molar refractivity (Wildman–Crippen MR) is 59.0 cm³/mol. The molecule has 0 amide bonds. The second kappa shape index (κ2) is 3.54. The van der Waals surface area contributed by atoms with E-state index in [2.05, 4.69) is 0 Å². The Bertz CT molecular complexity index is 422. The molecule has 0 atom stereocenters. The summed E-state index contributed by atoms with van der Waals surface area (Å²) in [5.74, 6) is 0.346. The molecule has 0 aromatic heterocycles. The van der Waals surface area contributed by atoms with Crippen molar-refractivity contribution in [1.82, 2.24) is 0 Å². The van der Waals surface area contributed by atoms with Crippen molar-refractivity contribution < 1.29 is 5.11 Å². The molecule has 0 spiro atoms. The zero-order valence-corrected chi connectivity index (χ0v) is 8.07. The summed E-state index contributed by atoms with van der Waals surface area (Å²) in [6.07, 6.45) is 7.64. The quantitative estimate of drug-likeness (QED) is 0.663. The van der Waals surface area contributed by atoms with Crippen LogP contribution in [0, 0.1) is 6.92 Å². The zero-order valence-electron chi connectivity index (χ0n) is 8.07. The Kier molecular flexibility index (Phi) is 2.23. The van der Waals surface area contributed by atoms with Gasteiger partial charge in [0.05, 0.1) is 0 Å². The first-order valence-electron chi connectivity index (χ1n) is 4.62. The number of hydrogen-bond acceptors (Lipinski definition) is 1. The topological polar surface area (TPSA) is 20.2 Å². The number of rotatable bonds is 1. The Morgan fingerprint density at radius 3 is 2.50 bits per heavy atom. The third kappa shape index (κ3) is 1.62. The molecule has 2 rings (SSSR count). The lowest BCUT2D eigenvalue weighted by Gasteiger charge is -2.03. The highest BCUT2D eigenvalue weighted by Gasteiger charge is 2.04. The van der Waals surface area contributed by atoms with Crippen LogP contribution >= 0.6 is 0 Å². The summed E-state index contributed by atoms with van der Waals surface area (Å²) in [6, 6.07) is 7.85. The van der Waals surface area contributed by atoms with E-state index < -0.39 is 0 Å². The van der Waals surface area contributed by atoms with Gasteiger partial charge in [0.25, 0.3) is 0 Å². The molecule has 0 aliphatic heterocycles. The van der Waals surface area contributed by atoms with Crippen LogP contribution in [0.5, 0.6) is 0 Å². The van der Waals surface area contributed by atoms with Crippen molar-refractivity contribution in [3.8, 4) is 0 Å². The van der Waals surface area contributed by atoms with Gasteiger partial charge in [-0.25, -0.2) is 0 Å². The minimum atomic E-state index is 0.346. The summed E-state index contributed by atoms with van der Waals surface area (Å²) in [5.41, 5.74) is 2.90. The number of allylic oxidation sites excluding steroid dienone is 5. The highest BCUT2D eigenvalue weighted by Crippen LogP contribution is 2.21. The van der Waals surface area contributed by atoms with Crippen LogP contribution in [-0.2, 0) is 0 Å². The number of aliphatic hydroxyl groups is 1. The summed E-state index contributed by atoms with van der Waals surface area (Å²) in [7, 11) is 0. The molecule has 1 aliphatic rings. The Labute approximate surface area is 83.7 Å². The fourth-order valence-electron chi connectivity index (χ4n) is 1.49. The van der Waals surface area contributed by atoms with Gasteiger partial charge in [-0.2, -0.15) is 0 Å². The van der Waals surface area contributed by atoms with Crippen LogP contribution in [0.2, 0.25) is 0 Å². The molecule has 0 fully saturated rings. The molecule has 1 aromatic carbocycles. The van der Waals surface area contributed by atoms with E-state index in [1.807, 2.05) is 55.5 Å². The van der Waals surface area contributed by atoms with Gasteiger partial charge in [-0.3, -0.25) is 0 Å². The van der Waals surface area contributed by atoms with E-state index in [9.17, 15) is 5.11 Å². The average molecular weight is 184 g/mol. The molecular formula is C13H12O. The molecule has 14 heavy (non-hydrogen) atoms. The highest BCUT2D eigenvalue weighted by molar-refractivity contribution is 5.69. The molecule has 0 bridgehead atoms. The first-order chi connectivity index (χ1) is 6.77. The third-order valence-corrected chi connectivity index (χ3v) is 2.23. The number of benzene rings is 1. The van der Waals surface area contributed by atoms with Gasteiger partial charge >= 0.3 is 0 Å². The first-order valence-corrected chi connectivity index (χ1v) is 4.62. The molecule has 1 aliphatic carbocycles. The van der Waals surface area contributed by atoms with Crippen LogP contribution < -0.4 is 0 Å². The van der Waals surface area contributed by atoms with Crippen LogP contribution in [0.1, 0.15) is 11.1 Å². The van der Waals surface area contributed by atoms with E-state index in [-0.39, 0.29) is 0 Å². The Morgan fingerprint density at radius 2 is 1.86 bits per heavy atom. The van der Waals surface area contributed by atoms with Crippen molar-refractivity contribution in [2.75, 3.05) is 0 Å². The maximum atomic E-state index is 9.92. The summed E-state index contributed by atoms with van der Waals surface area (Å²) in [5, 5.41) is 9.92. The van der Waals surface area contributed by atoms with Crippen molar-refractivity contribution in [2.45, 2.75) is 6.92 Å². The maximum absolute atomic E-state index is 9.92. The van der Waals surface area contributed by atoms with E-state index >= 15 is 0 Å². The van der Waals surface area contributed by atoms with Gasteiger partial charge in [0.15, 0.2) is 0 Å². The molecule has 0 saturated carbocycles. The van der Waals surface area contributed by atoms with Gasteiger partial charge in [-0.15, -0.1) is 0 Å². The fourth-order valence-corrected chi connectivity index (χ4v) is 1.49. The van der Waals surface area contributed by atoms with Crippen LogP contribution in [0.3, 0.4) is 0 Å². The number of aliphatic hydroxyl groups excluding tert-OH is 1. The van der Waals surface area contributed by atoms with Crippen LogP contribution in [0.25, 0.3) is 5.76 Å². The van der Waals surface area contributed by atoms with Crippen molar-refractivity contribution in [3.63, 3.8) is 0 Å². The molecule has 0 radical (unpaired) electrons. The second-order valence-electron chi connectivity index (χ2n) is 3.39. The lowest BCUT2D eigenvalue weighted by molar-refractivity contribution is 0.509. The molecule has 1 N–H and O–H groups in total. The normalized spacial score (nSPS) is 13.6. The molecule has 0 saturated heterocycles. The molecule has 0 heterocycles. The SMILES string of the molecule is Cc1cccc(C(O)=C2C=CC=C2)c1. The predicted octanol–water partition coefficient (Wildman–Crippen LogP) is 3.39. The first kappa shape index (κ1) is 8.82. The third-order valence-electron chi connectivity index (χ3n) is 2.23. The Balaban J connectivity index is 2.45. The van der Waals surface area contributed by atoms with Gasteiger partial charge in [0, 0.05) is 11.1 Å². The van der Waals surface area contributed by atoms with Crippen LogP contribution in [0.4, 0.5) is 0 Å². The Hall–Kier alpha value is -1.76. The summed E-state index contributed by atoms with van der Waals surface area (Å²) in [6.45, 7) is 2.02. The van der Waals surface area contributed by atoms with Crippen LogP contribution in [0.15, 0.2) is 54.1 Å². The second-order valence-corrected chi connectivity index (χ2v) is 3.39. The zero-order chi connectivity index (χ0) is 9.97. The van der Waals surface area contributed by atoms with E-state index in [4.69, 9.17) is 0 Å². The van der Waals surface area contributed by atoms with Crippen molar-refractivity contribution in [3.05, 3.63) is 65.3 Å². The minimum absolute atomic E-state index is 0.346. The Morgan fingerprint density at radius 1 is 1.14 bits per heavy atom. The van der Waals surface area contributed by atoms with Gasteiger partial charge in [-0.1, -0.05) is 48.1 Å². The summed E-state index contributed by atoms with van der Waals surface area (Å²) < 4.78 is 0. The molecular weight excluding hydrogens is 172 g/mol. The van der Waals surface area contributed by atoms with Crippen molar-refractivity contribution in [1.29, 1.82) is 0 Å². The van der Waals surface area contributed by atoms with Gasteiger partial charge in [-0.05, 0) is 13.0 Å². The van der Waals surface area contributed by atoms with E-state index in [0.717, 1.165) is 16.7 Å². The number of hydrogen-bond donors (Lipinski definition) is 1.